The highest BCUT2D eigenvalue weighted by atomic mass is 16.5. The van der Waals surface area contributed by atoms with E-state index in [0.29, 0.717) is 29.2 Å². The van der Waals surface area contributed by atoms with Gasteiger partial charge in [-0.3, -0.25) is 9.59 Å². The van der Waals surface area contributed by atoms with E-state index < -0.39 is 0 Å². The molecule has 0 aliphatic carbocycles. The summed E-state index contributed by atoms with van der Waals surface area (Å²) < 4.78 is 10.5. The van der Waals surface area contributed by atoms with Crippen LogP contribution in [0.4, 0.5) is 5.69 Å². The molecule has 0 bridgehead atoms. The van der Waals surface area contributed by atoms with Crippen molar-refractivity contribution in [3.05, 3.63) is 59.7 Å². The van der Waals surface area contributed by atoms with Crippen molar-refractivity contribution in [2.45, 2.75) is 26.4 Å². The van der Waals surface area contributed by atoms with Crippen molar-refractivity contribution >= 4 is 23.5 Å². The fourth-order valence-electron chi connectivity index (χ4n) is 2.32. The quantitative estimate of drug-likeness (QED) is 0.313. The third-order valence-corrected chi connectivity index (χ3v) is 3.52. The van der Waals surface area contributed by atoms with Gasteiger partial charge >= 0.3 is 5.97 Å². The highest BCUT2D eigenvalue weighted by Gasteiger charge is 2.13. The van der Waals surface area contributed by atoms with Crippen LogP contribution in [0, 0.1) is 0 Å². The molecule has 0 N–H and O–H groups in total. The van der Waals surface area contributed by atoms with Crippen molar-refractivity contribution in [2.24, 2.45) is 4.99 Å². The van der Waals surface area contributed by atoms with Crippen LogP contribution >= 0.6 is 0 Å². The van der Waals surface area contributed by atoms with E-state index in [4.69, 9.17) is 9.47 Å². The number of aliphatic imine (C=N–C) groups is 1. The summed E-state index contributed by atoms with van der Waals surface area (Å²) in [6, 6.07) is 13.0. The maximum atomic E-state index is 12.5. The first-order valence-corrected chi connectivity index (χ1v) is 8.18. The summed E-state index contributed by atoms with van der Waals surface area (Å²) in [6.07, 6.45) is 1.28. The number of ether oxygens (including phenoxy) is 2. The molecule has 2 aromatic carbocycles. The van der Waals surface area contributed by atoms with Crippen molar-refractivity contribution in [2.75, 3.05) is 6.61 Å². The van der Waals surface area contributed by atoms with E-state index in [2.05, 4.69) is 4.99 Å². The van der Waals surface area contributed by atoms with Gasteiger partial charge in [0.05, 0.1) is 18.7 Å². The Balaban J connectivity index is 2.00. The minimum atomic E-state index is -0.332. The zero-order chi connectivity index (χ0) is 18.9. The van der Waals surface area contributed by atoms with Gasteiger partial charge in [0.25, 0.3) is 0 Å². The van der Waals surface area contributed by atoms with Crippen molar-refractivity contribution in [1.82, 2.24) is 0 Å². The Hall–Kier alpha value is -3.24. The minimum absolute atomic E-state index is 0.155. The van der Waals surface area contributed by atoms with Crippen LogP contribution in [0.25, 0.3) is 0 Å². The molecule has 0 spiro atoms. The topological polar surface area (TPSA) is 82.0 Å². The first-order chi connectivity index (χ1) is 12.5. The lowest BCUT2D eigenvalue weighted by Crippen LogP contribution is -2.18. The first-order valence-electron chi connectivity index (χ1n) is 8.18. The van der Waals surface area contributed by atoms with Crippen LogP contribution in [-0.2, 0) is 14.3 Å². The smallest absolute Gasteiger partial charge is 0.309 e. The van der Waals surface area contributed by atoms with Crippen LogP contribution < -0.4 is 4.74 Å². The Morgan fingerprint density at radius 3 is 2.15 bits per heavy atom. The molecule has 6 heteroatoms. The van der Waals surface area contributed by atoms with Crippen molar-refractivity contribution in [1.29, 1.82) is 0 Å². The van der Waals surface area contributed by atoms with Crippen molar-refractivity contribution in [3.63, 3.8) is 0 Å². The Morgan fingerprint density at radius 2 is 1.62 bits per heavy atom. The fraction of sp³-hybridized carbons (Fsp3) is 0.250. The molecule has 134 valence electrons. The third kappa shape index (κ3) is 5.40. The van der Waals surface area contributed by atoms with Crippen molar-refractivity contribution in [3.8, 4) is 5.75 Å². The molecule has 2 rings (SSSR count). The van der Waals surface area contributed by atoms with Gasteiger partial charge in [0.15, 0.2) is 5.78 Å². The van der Waals surface area contributed by atoms with Gasteiger partial charge in [0.2, 0.25) is 6.08 Å². The van der Waals surface area contributed by atoms with Gasteiger partial charge in [-0.15, -0.1) is 0 Å². The molecule has 0 aliphatic rings. The standard InChI is InChI=1S/C20H19NO5/c1-3-25-19(23)12-14(2)26-18-10-6-16(7-11-18)20(24)15-4-8-17(9-5-15)21-13-22/h4-11,14H,3,12H2,1-2H3. The van der Waals surface area contributed by atoms with Gasteiger partial charge in [-0.1, -0.05) is 0 Å². The average Bonchev–Trinajstić information content (AvgIpc) is 2.63. The molecule has 0 radical (unpaired) electrons. The predicted molar refractivity (Wildman–Crippen MR) is 95.4 cm³/mol. The minimum Gasteiger partial charge on any atom is -0.490 e. The number of nitrogens with zero attached hydrogens (tertiary/aromatic N) is 1. The van der Waals surface area contributed by atoms with Gasteiger partial charge in [-0.25, -0.2) is 4.79 Å². The number of hydrogen-bond acceptors (Lipinski definition) is 6. The number of rotatable bonds is 8. The number of carbonyl (C=O) groups is 2. The molecule has 0 saturated carbocycles. The lowest BCUT2D eigenvalue weighted by atomic mass is 10.0. The number of esters is 1. The Morgan fingerprint density at radius 1 is 1.04 bits per heavy atom. The van der Waals surface area contributed by atoms with E-state index in [1.165, 1.54) is 6.08 Å². The average molecular weight is 353 g/mol. The van der Waals surface area contributed by atoms with Gasteiger partial charge in [0, 0.05) is 11.1 Å². The van der Waals surface area contributed by atoms with Gasteiger partial charge < -0.3 is 9.47 Å². The Labute approximate surface area is 151 Å². The summed E-state index contributed by atoms with van der Waals surface area (Å²) in [4.78, 5) is 37.6. The lowest BCUT2D eigenvalue weighted by molar-refractivity contribution is -0.144. The molecule has 0 fully saturated rings. The monoisotopic (exact) mass is 353 g/mol. The van der Waals surface area contributed by atoms with E-state index in [1.807, 2.05) is 0 Å². The second kappa shape index (κ2) is 9.30. The summed E-state index contributed by atoms with van der Waals surface area (Å²) in [5.41, 5.74) is 1.43. The molecular weight excluding hydrogens is 334 g/mol. The van der Waals surface area contributed by atoms with Gasteiger partial charge in [-0.05, 0) is 62.4 Å². The number of benzene rings is 2. The SMILES string of the molecule is CCOC(=O)CC(C)Oc1ccc(C(=O)c2ccc(N=C=O)cc2)cc1. The normalized spacial score (nSPS) is 11.2. The highest BCUT2D eigenvalue weighted by molar-refractivity contribution is 6.09. The molecule has 0 amide bonds. The second-order valence-corrected chi connectivity index (χ2v) is 5.54. The Kier molecular flexibility index (Phi) is 6.83. The summed E-state index contributed by atoms with van der Waals surface area (Å²) in [5.74, 6) is 0.0981. The maximum Gasteiger partial charge on any atom is 0.309 e. The van der Waals surface area contributed by atoms with Crippen LogP contribution in [0.15, 0.2) is 53.5 Å². The molecule has 26 heavy (non-hydrogen) atoms. The Bertz CT molecular complexity index is 805. The van der Waals surface area contributed by atoms with Crippen LogP contribution in [0.3, 0.4) is 0 Å². The lowest BCUT2D eigenvalue weighted by Gasteiger charge is -2.14. The fourth-order valence-corrected chi connectivity index (χ4v) is 2.32. The van der Waals surface area contributed by atoms with Crippen LogP contribution in [0.5, 0.6) is 5.75 Å². The molecule has 1 atom stereocenters. The summed E-state index contributed by atoms with van der Waals surface area (Å²) in [5, 5.41) is 0. The second-order valence-electron chi connectivity index (χ2n) is 5.54. The first kappa shape index (κ1) is 19.1. The molecule has 0 heterocycles. The van der Waals surface area contributed by atoms with E-state index in [0.717, 1.165) is 0 Å². The summed E-state index contributed by atoms with van der Waals surface area (Å²) in [7, 11) is 0. The van der Waals surface area contributed by atoms with Crippen LogP contribution in [0.2, 0.25) is 0 Å². The van der Waals surface area contributed by atoms with E-state index >= 15 is 0 Å². The molecule has 1 unspecified atom stereocenters. The van der Waals surface area contributed by atoms with Crippen LogP contribution in [0.1, 0.15) is 36.2 Å². The molecule has 0 aliphatic heterocycles. The largest absolute Gasteiger partial charge is 0.490 e. The number of carbonyl (C=O) groups excluding carboxylic acids is 3. The number of hydrogen-bond donors (Lipinski definition) is 0. The zero-order valence-electron chi connectivity index (χ0n) is 14.6. The number of isocyanates is 1. The highest BCUT2D eigenvalue weighted by Crippen LogP contribution is 2.19. The number of ketones is 1. The van der Waals surface area contributed by atoms with E-state index in [9.17, 15) is 14.4 Å². The molecule has 6 nitrogen and oxygen atoms in total. The predicted octanol–water partition coefficient (Wildman–Crippen LogP) is 3.61. The summed E-state index contributed by atoms with van der Waals surface area (Å²) >= 11 is 0. The molecule has 0 aromatic heterocycles. The molecule has 2 aromatic rings. The van der Waals surface area contributed by atoms with Gasteiger partial charge in [-0.2, -0.15) is 4.99 Å². The molecular formula is C20H19NO5. The van der Waals surface area contributed by atoms with E-state index in [-0.39, 0.29) is 24.3 Å². The zero-order valence-corrected chi connectivity index (χ0v) is 14.6. The molecule has 0 saturated heterocycles. The van der Waals surface area contributed by atoms with E-state index in [1.54, 1.807) is 62.4 Å². The van der Waals surface area contributed by atoms with Crippen LogP contribution in [-0.4, -0.2) is 30.5 Å². The third-order valence-electron chi connectivity index (χ3n) is 3.52. The summed E-state index contributed by atoms with van der Waals surface area (Å²) in [6.45, 7) is 3.87. The van der Waals surface area contributed by atoms with Gasteiger partial charge in [0.1, 0.15) is 11.9 Å². The van der Waals surface area contributed by atoms with Crippen molar-refractivity contribution < 1.29 is 23.9 Å². The maximum absolute atomic E-state index is 12.5.